The average Bonchev–Trinajstić information content (AvgIpc) is 3.24. The minimum absolute atomic E-state index is 0.0384. The molecule has 4 heterocycles. The summed E-state index contributed by atoms with van der Waals surface area (Å²) in [7, 11) is 0. The van der Waals surface area contributed by atoms with Gasteiger partial charge in [0.05, 0.1) is 35.5 Å². The molecule has 0 bridgehead atoms. The third-order valence-electron chi connectivity index (χ3n) is 4.70. The maximum Gasteiger partial charge on any atom is 0.248 e. The summed E-state index contributed by atoms with van der Waals surface area (Å²) in [6.45, 7) is 5.80. The molecule has 2 aromatic heterocycles. The van der Waals surface area contributed by atoms with Gasteiger partial charge in [-0.15, -0.1) is 11.3 Å². The molecule has 1 fully saturated rings. The number of aromatic nitrogens is 3. The van der Waals surface area contributed by atoms with E-state index in [4.69, 9.17) is 4.84 Å². The lowest BCUT2D eigenvalue weighted by atomic mass is 10.1. The minimum atomic E-state index is 0.0384. The molecule has 8 heteroatoms. The van der Waals surface area contributed by atoms with E-state index in [-0.39, 0.29) is 11.9 Å². The van der Waals surface area contributed by atoms with E-state index in [1.807, 2.05) is 23.9 Å². The Bertz CT molecular complexity index is 737. The maximum absolute atomic E-state index is 12.6. The van der Waals surface area contributed by atoms with Crippen LogP contribution in [0.15, 0.2) is 17.6 Å². The van der Waals surface area contributed by atoms with E-state index >= 15 is 0 Å². The first-order valence-corrected chi connectivity index (χ1v) is 9.66. The topological polar surface area (TPSA) is 63.5 Å². The molecule has 134 valence electrons. The first-order chi connectivity index (χ1) is 12.2. The molecule has 0 aliphatic carbocycles. The molecule has 2 aliphatic heterocycles. The quantitative estimate of drug-likeness (QED) is 0.835. The monoisotopic (exact) mass is 361 g/mol. The SMILES string of the molecule is Cc1nc(CN2Cc3ccnn3[C@H](CC(=O)N3CCCCO3)C2)cs1. The van der Waals surface area contributed by atoms with Gasteiger partial charge in [0.25, 0.3) is 0 Å². The number of hydrogen-bond donors (Lipinski definition) is 0. The van der Waals surface area contributed by atoms with Gasteiger partial charge in [0.2, 0.25) is 5.91 Å². The highest BCUT2D eigenvalue weighted by molar-refractivity contribution is 7.09. The molecular weight excluding hydrogens is 338 g/mol. The minimum Gasteiger partial charge on any atom is -0.290 e. The van der Waals surface area contributed by atoms with Crippen molar-refractivity contribution >= 4 is 17.2 Å². The molecule has 0 spiro atoms. The summed E-state index contributed by atoms with van der Waals surface area (Å²) in [6.07, 6.45) is 4.28. The van der Waals surface area contributed by atoms with Crippen molar-refractivity contribution in [3.63, 3.8) is 0 Å². The average molecular weight is 361 g/mol. The Hall–Kier alpha value is -1.77. The Labute approximate surface area is 151 Å². The van der Waals surface area contributed by atoms with Crippen LogP contribution in [0.5, 0.6) is 0 Å². The van der Waals surface area contributed by atoms with Crippen molar-refractivity contribution in [3.05, 3.63) is 34.0 Å². The van der Waals surface area contributed by atoms with Crippen LogP contribution < -0.4 is 0 Å². The molecule has 2 aliphatic rings. The molecule has 1 atom stereocenters. The van der Waals surface area contributed by atoms with Crippen LogP contribution in [0.3, 0.4) is 0 Å². The van der Waals surface area contributed by atoms with Gasteiger partial charge in [0.1, 0.15) is 0 Å². The third-order valence-corrected chi connectivity index (χ3v) is 5.52. The van der Waals surface area contributed by atoms with E-state index in [1.165, 1.54) is 5.06 Å². The molecule has 0 unspecified atom stereocenters. The van der Waals surface area contributed by atoms with Crippen LogP contribution in [0.2, 0.25) is 0 Å². The Morgan fingerprint density at radius 1 is 1.44 bits per heavy atom. The van der Waals surface area contributed by atoms with Crippen LogP contribution in [-0.4, -0.2) is 50.3 Å². The van der Waals surface area contributed by atoms with Crippen molar-refractivity contribution in [2.24, 2.45) is 0 Å². The zero-order valence-corrected chi connectivity index (χ0v) is 15.2. The molecular formula is C17H23N5O2S. The number of carbonyl (C=O) groups is 1. The molecule has 0 radical (unpaired) electrons. The van der Waals surface area contributed by atoms with E-state index < -0.39 is 0 Å². The zero-order chi connectivity index (χ0) is 17.2. The number of thiazole rings is 1. The predicted molar refractivity (Wildman–Crippen MR) is 93.7 cm³/mol. The second kappa shape index (κ2) is 7.23. The van der Waals surface area contributed by atoms with E-state index in [2.05, 4.69) is 20.4 Å². The molecule has 25 heavy (non-hydrogen) atoms. The van der Waals surface area contributed by atoms with Crippen LogP contribution in [0.4, 0.5) is 0 Å². The van der Waals surface area contributed by atoms with E-state index in [1.54, 1.807) is 11.3 Å². The number of carbonyl (C=O) groups excluding carboxylic acids is 1. The van der Waals surface area contributed by atoms with Gasteiger partial charge in [0.15, 0.2) is 0 Å². The van der Waals surface area contributed by atoms with Crippen molar-refractivity contribution in [3.8, 4) is 0 Å². The number of hydroxylamine groups is 2. The first kappa shape index (κ1) is 16.7. The summed E-state index contributed by atoms with van der Waals surface area (Å²) in [5, 5.41) is 9.19. The number of rotatable bonds is 4. The maximum atomic E-state index is 12.6. The second-order valence-corrected chi connectivity index (χ2v) is 7.75. The Balaban J connectivity index is 1.45. The van der Waals surface area contributed by atoms with Crippen molar-refractivity contribution in [2.45, 2.75) is 45.3 Å². The van der Waals surface area contributed by atoms with Gasteiger partial charge < -0.3 is 0 Å². The predicted octanol–water partition coefficient (Wildman–Crippen LogP) is 2.15. The van der Waals surface area contributed by atoms with Crippen LogP contribution in [0, 0.1) is 6.92 Å². The highest BCUT2D eigenvalue weighted by Gasteiger charge is 2.30. The fourth-order valence-electron chi connectivity index (χ4n) is 3.54. The van der Waals surface area contributed by atoms with Gasteiger partial charge in [-0.3, -0.25) is 19.2 Å². The van der Waals surface area contributed by atoms with Gasteiger partial charge >= 0.3 is 0 Å². The molecule has 7 nitrogen and oxygen atoms in total. The van der Waals surface area contributed by atoms with Gasteiger partial charge in [-0.05, 0) is 25.8 Å². The Morgan fingerprint density at radius 2 is 2.36 bits per heavy atom. The standard InChI is InChI=1S/C17H23N5O2S/c1-13-19-14(12-25-13)9-20-10-15-4-5-18-22(15)16(11-20)8-17(23)21-6-2-3-7-24-21/h4-5,12,16H,2-3,6-11H2,1H3/t16-/m1/s1. The van der Waals surface area contributed by atoms with E-state index in [0.29, 0.717) is 19.6 Å². The van der Waals surface area contributed by atoms with Gasteiger partial charge in [-0.25, -0.2) is 10.0 Å². The van der Waals surface area contributed by atoms with E-state index in [9.17, 15) is 4.79 Å². The van der Waals surface area contributed by atoms with Gasteiger partial charge in [-0.1, -0.05) is 0 Å². The highest BCUT2D eigenvalue weighted by Crippen LogP contribution is 2.25. The number of hydrogen-bond acceptors (Lipinski definition) is 6. The van der Waals surface area contributed by atoms with Crippen molar-refractivity contribution in [1.29, 1.82) is 0 Å². The fraction of sp³-hybridized carbons (Fsp3) is 0.588. The van der Waals surface area contributed by atoms with Crippen molar-refractivity contribution in [1.82, 2.24) is 24.7 Å². The summed E-state index contributed by atoms with van der Waals surface area (Å²) < 4.78 is 2.00. The molecule has 0 saturated carbocycles. The third kappa shape index (κ3) is 3.75. The highest BCUT2D eigenvalue weighted by atomic mass is 32.1. The number of amides is 1. The first-order valence-electron chi connectivity index (χ1n) is 8.78. The van der Waals surface area contributed by atoms with Crippen molar-refractivity contribution in [2.75, 3.05) is 19.7 Å². The largest absolute Gasteiger partial charge is 0.290 e. The number of nitrogens with zero attached hydrogens (tertiary/aromatic N) is 5. The molecule has 1 amide bonds. The zero-order valence-electron chi connectivity index (χ0n) is 14.4. The molecule has 0 aromatic carbocycles. The second-order valence-electron chi connectivity index (χ2n) is 6.69. The van der Waals surface area contributed by atoms with Crippen LogP contribution in [0.25, 0.3) is 0 Å². The lowest BCUT2D eigenvalue weighted by molar-refractivity contribution is -0.198. The fourth-order valence-corrected chi connectivity index (χ4v) is 4.15. The Morgan fingerprint density at radius 3 is 3.12 bits per heavy atom. The molecule has 2 aromatic rings. The molecule has 4 rings (SSSR count). The van der Waals surface area contributed by atoms with Crippen molar-refractivity contribution < 1.29 is 9.63 Å². The number of fused-ring (bicyclic) bond motifs is 1. The smallest absolute Gasteiger partial charge is 0.248 e. The summed E-state index contributed by atoms with van der Waals surface area (Å²) in [6, 6.07) is 2.07. The van der Waals surface area contributed by atoms with Crippen LogP contribution in [-0.2, 0) is 22.7 Å². The van der Waals surface area contributed by atoms with Crippen LogP contribution >= 0.6 is 11.3 Å². The van der Waals surface area contributed by atoms with Gasteiger partial charge in [0, 0.05) is 37.8 Å². The summed E-state index contributed by atoms with van der Waals surface area (Å²) in [5.74, 6) is 0.0532. The van der Waals surface area contributed by atoms with Crippen LogP contribution in [0.1, 0.15) is 41.7 Å². The molecule has 1 saturated heterocycles. The van der Waals surface area contributed by atoms with Gasteiger partial charge in [-0.2, -0.15) is 5.10 Å². The lowest BCUT2D eigenvalue weighted by Crippen LogP contribution is -2.42. The van der Waals surface area contributed by atoms with E-state index in [0.717, 1.165) is 48.9 Å². The summed E-state index contributed by atoms with van der Waals surface area (Å²) in [4.78, 5) is 25.0. The normalized spacial score (nSPS) is 21.3. The summed E-state index contributed by atoms with van der Waals surface area (Å²) >= 11 is 1.68. The molecule has 0 N–H and O–H groups in total. The lowest BCUT2D eigenvalue weighted by Gasteiger charge is -2.34. The Kier molecular flexibility index (Phi) is 4.82. The summed E-state index contributed by atoms with van der Waals surface area (Å²) in [5.41, 5.74) is 2.25. The number of aryl methyl sites for hydroxylation is 1.